The lowest BCUT2D eigenvalue weighted by atomic mass is 9.88. The number of aromatic nitrogens is 2. The van der Waals surface area contributed by atoms with Crippen LogP contribution in [0, 0.1) is 6.92 Å². The van der Waals surface area contributed by atoms with Crippen molar-refractivity contribution < 1.29 is 9.47 Å². The second kappa shape index (κ2) is 7.50. The number of thiazole rings is 1. The molecular formula is C19H25N3O2S. The molecule has 25 heavy (non-hydrogen) atoms. The summed E-state index contributed by atoms with van der Waals surface area (Å²) in [4.78, 5) is 11.1. The third-order valence-electron chi connectivity index (χ3n) is 5.20. The van der Waals surface area contributed by atoms with Crippen LogP contribution >= 0.6 is 11.3 Å². The van der Waals surface area contributed by atoms with Gasteiger partial charge in [0.25, 0.3) is 0 Å². The Balaban J connectivity index is 1.24. The van der Waals surface area contributed by atoms with E-state index in [0.29, 0.717) is 6.61 Å². The van der Waals surface area contributed by atoms with Gasteiger partial charge in [0, 0.05) is 43.0 Å². The number of nitrogens with zero attached hydrogens (tertiary/aromatic N) is 3. The molecule has 6 heteroatoms. The van der Waals surface area contributed by atoms with E-state index in [9.17, 15) is 0 Å². The van der Waals surface area contributed by atoms with Crippen molar-refractivity contribution in [1.82, 2.24) is 14.9 Å². The average Bonchev–Trinajstić information content (AvgIpc) is 3.23. The Bertz CT molecular complexity index is 683. The molecule has 2 aromatic rings. The van der Waals surface area contributed by atoms with Crippen LogP contribution in [0.3, 0.4) is 0 Å². The van der Waals surface area contributed by atoms with E-state index in [1.807, 2.05) is 24.5 Å². The lowest BCUT2D eigenvalue weighted by Gasteiger charge is -2.38. The van der Waals surface area contributed by atoms with Crippen LogP contribution < -0.4 is 0 Å². The molecule has 134 valence electrons. The molecule has 1 atom stereocenters. The van der Waals surface area contributed by atoms with E-state index < -0.39 is 0 Å². The van der Waals surface area contributed by atoms with Gasteiger partial charge in [-0.05, 0) is 37.5 Å². The molecule has 2 aliphatic rings. The Kier molecular flexibility index (Phi) is 5.12. The maximum absolute atomic E-state index is 6.21. The van der Waals surface area contributed by atoms with E-state index in [2.05, 4.69) is 27.2 Å². The minimum Gasteiger partial charge on any atom is -0.372 e. The van der Waals surface area contributed by atoms with E-state index in [-0.39, 0.29) is 11.7 Å². The first-order chi connectivity index (χ1) is 12.2. The molecule has 0 bridgehead atoms. The van der Waals surface area contributed by atoms with Gasteiger partial charge in [0.2, 0.25) is 0 Å². The molecule has 4 rings (SSSR count). The number of rotatable bonds is 5. The topological polar surface area (TPSA) is 47.5 Å². The molecule has 2 saturated heterocycles. The summed E-state index contributed by atoms with van der Waals surface area (Å²) in [6, 6.07) is 4.01. The maximum atomic E-state index is 6.21. The van der Waals surface area contributed by atoms with Gasteiger partial charge in [-0.25, -0.2) is 4.98 Å². The molecule has 0 aromatic carbocycles. The highest BCUT2D eigenvalue weighted by atomic mass is 32.1. The minimum atomic E-state index is 0.0260. The maximum Gasteiger partial charge on any atom is 0.107 e. The molecule has 2 fully saturated rings. The Labute approximate surface area is 153 Å². The van der Waals surface area contributed by atoms with Gasteiger partial charge in [0.05, 0.1) is 31.5 Å². The van der Waals surface area contributed by atoms with Crippen LogP contribution in [0.1, 0.15) is 35.5 Å². The zero-order valence-corrected chi connectivity index (χ0v) is 15.5. The summed E-state index contributed by atoms with van der Waals surface area (Å²) >= 11 is 1.76. The summed E-state index contributed by atoms with van der Waals surface area (Å²) in [5, 5.41) is 3.35. The fourth-order valence-corrected chi connectivity index (χ4v) is 4.55. The standard InChI is InChI=1S/C19H25N3O2S/c1-15-14-25-18(21-15)11-22-8-4-19(5-9-22)10-17(13-24-19)23-12-16-2-6-20-7-3-16/h2-3,6-7,14,17H,4-5,8-13H2,1H3/t17-/m1/s1. The molecule has 5 nitrogen and oxygen atoms in total. The molecule has 4 heterocycles. The highest BCUT2D eigenvalue weighted by Crippen LogP contribution is 2.37. The van der Waals surface area contributed by atoms with E-state index in [0.717, 1.165) is 51.2 Å². The average molecular weight is 359 g/mol. The molecule has 2 aliphatic heterocycles. The molecule has 0 radical (unpaired) electrons. The number of likely N-dealkylation sites (tertiary alicyclic amines) is 1. The minimum absolute atomic E-state index is 0.0260. The van der Waals surface area contributed by atoms with E-state index >= 15 is 0 Å². The number of hydrogen-bond donors (Lipinski definition) is 0. The highest BCUT2D eigenvalue weighted by Gasteiger charge is 2.43. The predicted molar refractivity (Wildman–Crippen MR) is 97.5 cm³/mol. The summed E-state index contributed by atoms with van der Waals surface area (Å²) in [6.07, 6.45) is 7.03. The molecule has 0 aliphatic carbocycles. The van der Waals surface area contributed by atoms with Crippen LogP contribution in [0.25, 0.3) is 0 Å². The number of hydrogen-bond acceptors (Lipinski definition) is 6. The summed E-state index contributed by atoms with van der Waals surface area (Å²) in [5.41, 5.74) is 2.32. The van der Waals surface area contributed by atoms with E-state index in [1.165, 1.54) is 10.6 Å². The van der Waals surface area contributed by atoms with Crippen molar-refractivity contribution in [3.8, 4) is 0 Å². The lowest BCUT2D eigenvalue weighted by molar-refractivity contribution is -0.0468. The Morgan fingerprint density at radius 3 is 2.84 bits per heavy atom. The third-order valence-corrected chi connectivity index (χ3v) is 6.15. The molecule has 0 N–H and O–H groups in total. The van der Waals surface area contributed by atoms with E-state index in [4.69, 9.17) is 9.47 Å². The van der Waals surface area contributed by atoms with Crippen molar-refractivity contribution in [2.75, 3.05) is 19.7 Å². The Hall–Kier alpha value is -1.34. The quantitative estimate of drug-likeness (QED) is 0.820. The summed E-state index contributed by atoms with van der Waals surface area (Å²) in [5.74, 6) is 0. The molecule has 0 amide bonds. The lowest BCUT2D eigenvalue weighted by Crippen LogP contribution is -2.43. The van der Waals surface area contributed by atoms with Gasteiger partial charge in [0.15, 0.2) is 0 Å². The van der Waals surface area contributed by atoms with Crippen molar-refractivity contribution >= 4 is 11.3 Å². The third kappa shape index (κ3) is 4.26. The monoisotopic (exact) mass is 359 g/mol. The number of pyridine rings is 1. The first-order valence-electron chi connectivity index (χ1n) is 8.99. The molecule has 0 saturated carbocycles. The fourth-order valence-electron chi connectivity index (χ4n) is 3.74. The van der Waals surface area contributed by atoms with Crippen LogP contribution in [0.15, 0.2) is 29.9 Å². The predicted octanol–water partition coefficient (Wildman–Crippen LogP) is 3.19. The van der Waals surface area contributed by atoms with Crippen molar-refractivity contribution in [2.45, 2.75) is 51.0 Å². The molecular weight excluding hydrogens is 334 g/mol. The van der Waals surface area contributed by atoms with Crippen molar-refractivity contribution in [1.29, 1.82) is 0 Å². The Morgan fingerprint density at radius 1 is 1.32 bits per heavy atom. The van der Waals surface area contributed by atoms with Crippen molar-refractivity contribution in [2.24, 2.45) is 0 Å². The van der Waals surface area contributed by atoms with Crippen LogP contribution in [0.5, 0.6) is 0 Å². The second-order valence-electron chi connectivity index (χ2n) is 7.15. The van der Waals surface area contributed by atoms with Gasteiger partial charge in [-0.1, -0.05) is 0 Å². The zero-order chi connectivity index (χ0) is 17.1. The van der Waals surface area contributed by atoms with Gasteiger partial charge in [-0.2, -0.15) is 0 Å². The number of aryl methyl sites for hydroxylation is 1. The number of ether oxygens (including phenoxy) is 2. The normalized spacial score (nSPS) is 23.3. The van der Waals surface area contributed by atoms with Crippen molar-refractivity contribution in [3.63, 3.8) is 0 Å². The summed E-state index contributed by atoms with van der Waals surface area (Å²) in [6.45, 7) is 6.55. The molecule has 2 aromatic heterocycles. The van der Waals surface area contributed by atoms with E-state index in [1.54, 1.807) is 11.3 Å². The highest BCUT2D eigenvalue weighted by molar-refractivity contribution is 7.09. The van der Waals surface area contributed by atoms with Crippen LogP contribution in [0.4, 0.5) is 0 Å². The molecule has 0 unspecified atom stereocenters. The second-order valence-corrected chi connectivity index (χ2v) is 8.09. The first kappa shape index (κ1) is 17.1. The van der Waals surface area contributed by atoms with Gasteiger partial charge in [-0.3, -0.25) is 9.88 Å². The van der Waals surface area contributed by atoms with Gasteiger partial charge >= 0.3 is 0 Å². The van der Waals surface area contributed by atoms with Crippen molar-refractivity contribution in [3.05, 3.63) is 46.2 Å². The first-order valence-corrected chi connectivity index (χ1v) is 9.87. The smallest absolute Gasteiger partial charge is 0.107 e. The number of piperidine rings is 1. The van der Waals surface area contributed by atoms with Gasteiger partial charge in [0.1, 0.15) is 5.01 Å². The zero-order valence-electron chi connectivity index (χ0n) is 14.7. The van der Waals surface area contributed by atoms with Gasteiger partial charge < -0.3 is 9.47 Å². The summed E-state index contributed by atoms with van der Waals surface area (Å²) in [7, 11) is 0. The van der Waals surface area contributed by atoms with Crippen LogP contribution in [-0.2, 0) is 22.6 Å². The SMILES string of the molecule is Cc1csc(CN2CCC3(CC2)C[C@@H](OCc2ccncc2)CO3)n1. The van der Waals surface area contributed by atoms with Gasteiger partial charge in [-0.15, -0.1) is 11.3 Å². The summed E-state index contributed by atoms with van der Waals surface area (Å²) < 4.78 is 12.3. The Morgan fingerprint density at radius 2 is 2.12 bits per heavy atom. The largest absolute Gasteiger partial charge is 0.372 e. The fraction of sp³-hybridized carbons (Fsp3) is 0.579. The van der Waals surface area contributed by atoms with Crippen LogP contribution in [-0.4, -0.2) is 46.3 Å². The van der Waals surface area contributed by atoms with Crippen LogP contribution in [0.2, 0.25) is 0 Å². The molecule has 1 spiro atoms.